The van der Waals surface area contributed by atoms with E-state index in [0.29, 0.717) is 13.0 Å². The Morgan fingerprint density at radius 2 is 1.37 bits per heavy atom. The Morgan fingerprint density at radius 3 is 2.00 bits per heavy atom. The van der Waals surface area contributed by atoms with Crippen LogP contribution in [0.5, 0.6) is 0 Å². The first-order valence-corrected chi connectivity index (χ1v) is 18.0. The first kappa shape index (κ1) is 37.3. The number of nitrogens with zero attached hydrogens (tertiary/aromatic N) is 1. The van der Waals surface area contributed by atoms with E-state index in [1.54, 1.807) is 0 Å². The van der Waals surface area contributed by atoms with Gasteiger partial charge in [0.25, 0.3) is 11.8 Å². The van der Waals surface area contributed by atoms with Gasteiger partial charge in [-0.3, -0.25) is 14.3 Å². The van der Waals surface area contributed by atoms with Gasteiger partial charge in [0.05, 0.1) is 29.6 Å². The van der Waals surface area contributed by atoms with Crippen molar-refractivity contribution in [1.82, 2.24) is 20.9 Å². The number of nitrogens with one attached hydrogen (secondary N) is 4. The van der Waals surface area contributed by atoms with Crippen LogP contribution in [0.3, 0.4) is 0 Å². The highest BCUT2D eigenvalue weighted by Gasteiger charge is 2.24. The van der Waals surface area contributed by atoms with E-state index in [1.807, 2.05) is 93.8 Å². The fraction of sp³-hybridized carbons (Fsp3) is 0.316. The van der Waals surface area contributed by atoms with E-state index in [0.717, 1.165) is 23.2 Å². The summed E-state index contributed by atoms with van der Waals surface area (Å²) in [5, 5.41) is 20.6. The van der Waals surface area contributed by atoms with Crippen LogP contribution in [0.25, 0.3) is 0 Å². The molecule has 2 amide bonds. The van der Waals surface area contributed by atoms with Crippen molar-refractivity contribution in [3.63, 3.8) is 0 Å². The van der Waals surface area contributed by atoms with Crippen molar-refractivity contribution in [2.45, 2.75) is 51.5 Å². The molecule has 11 heteroatoms. The Labute approximate surface area is 290 Å². The number of hydrogen-bond acceptors (Lipinski definition) is 7. The smallest absolute Gasteiger partial charge is 0.251 e. The third-order valence-electron chi connectivity index (χ3n) is 8.01. The fourth-order valence-electron chi connectivity index (χ4n) is 5.42. The normalized spacial score (nSPS) is 13.3. The van der Waals surface area contributed by atoms with Gasteiger partial charge in [0.2, 0.25) is 10.0 Å². The summed E-state index contributed by atoms with van der Waals surface area (Å²) in [5.74, 6) is -1.21. The fourth-order valence-corrected chi connectivity index (χ4v) is 6.04. The van der Waals surface area contributed by atoms with Crippen molar-refractivity contribution in [2.24, 2.45) is 0 Å². The topological polar surface area (TPSA) is 140 Å². The minimum atomic E-state index is -3.71. The molecule has 49 heavy (non-hydrogen) atoms. The van der Waals surface area contributed by atoms with Crippen LogP contribution in [0.4, 0.5) is 5.69 Å². The number of aliphatic hydroxyl groups excluding tert-OH is 1. The van der Waals surface area contributed by atoms with Crippen molar-refractivity contribution >= 4 is 27.5 Å². The maximum Gasteiger partial charge on any atom is 0.251 e. The van der Waals surface area contributed by atoms with Gasteiger partial charge < -0.3 is 26.0 Å². The lowest BCUT2D eigenvalue weighted by Crippen LogP contribution is -2.48. The van der Waals surface area contributed by atoms with E-state index < -0.39 is 34.0 Å². The van der Waals surface area contributed by atoms with Gasteiger partial charge in [-0.05, 0) is 74.8 Å². The molecule has 0 aliphatic carbocycles. The van der Waals surface area contributed by atoms with Gasteiger partial charge in [0.15, 0.2) is 0 Å². The van der Waals surface area contributed by atoms with Crippen LogP contribution in [0.2, 0.25) is 0 Å². The zero-order valence-electron chi connectivity index (χ0n) is 28.5. The molecule has 0 unspecified atom stereocenters. The highest BCUT2D eigenvalue weighted by Crippen LogP contribution is 2.20. The quantitative estimate of drug-likeness (QED) is 0.110. The van der Waals surface area contributed by atoms with Crippen LogP contribution in [-0.2, 0) is 29.5 Å². The van der Waals surface area contributed by atoms with Gasteiger partial charge in [-0.15, -0.1) is 0 Å². The Balaban J connectivity index is 1.54. The molecule has 10 nitrogen and oxygen atoms in total. The number of carbonyl (C=O) groups is 2. The summed E-state index contributed by atoms with van der Waals surface area (Å²) in [6, 6.07) is 30.4. The largest absolute Gasteiger partial charge is 0.390 e. The minimum Gasteiger partial charge on any atom is -0.390 e. The number of anilines is 1. The van der Waals surface area contributed by atoms with Crippen molar-refractivity contribution in [2.75, 3.05) is 31.1 Å². The molecule has 0 aliphatic heterocycles. The summed E-state index contributed by atoms with van der Waals surface area (Å²) in [7, 11) is 0.330. The molecule has 0 spiro atoms. The average Bonchev–Trinajstić information content (AvgIpc) is 3.08. The summed E-state index contributed by atoms with van der Waals surface area (Å²) in [6.07, 6.45) is -0.622. The number of sulfonamides is 1. The maximum absolute atomic E-state index is 13.8. The number of rotatable bonds is 17. The van der Waals surface area contributed by atoms with Gasteiger partial charge in [-0.2, -0.15) is 0 Å². The van der Waals surface area contributed by atoms with Crippen LogP contribution in [0, 0.1) is 0 Å². The molecule has 0 fully saturated rings. The molecule has 5 N–H and O–H groups in total. The van der Waals surface area contributed by atoms with Crippen LogP contribution in [-0.4, -0.2) is 68.8 Å². The Kier molecular flexibility index (Phi) is 13.5. The lowest BCUT2D eigenvalue weighted by atomic mass is 10.00. The second-order valence-electron chi connectivity index (χ2n) is 12.4. The number of benzene rings is 4. The van der Waals surface area contributed by atoms with E-state index in [9.17, 15) is 23.1 Å². The molecule has 0 heterocycles. The van der Waals surface area contributed by atoms with Gasteiger partial charge in [0.1, 0.15) is 0 Å². The zero-order valence-corrected chi connectivity index (χ0v) is 29.3. The number of carbonyl (C=O) groups excluding carboxylic acids is 2. The summed E-state index contributed by atoms with van der Waals surface area (Å²) in [5.41, 5.74) is 4.35. The molecule has 260 valence electrons. The van der Waals surface area contributed by atoms with Crippen LogP contribution >= 0.6 is 0 Å². The predicted octanol–water partition coefficient (Wildman–Crippen LogP) is 4.49. The lowest BCUT2D eigenvalue weighted by Gasteiger charge is -2.25. The molecule has 4 aromatic rings. The molecule has 0 aromatic heterocycles. The summed E-state index contributed by atoms with van der Waals surface area (Å²) in [6.45, 7) is 4.89. The van der Waals surface area contributed by atoms with Crippen molar-refractivity contribution in [1.29, 1.82) is 0 Å². The highest BCUT2D eigenvalue weighted by atomic mass is 32.2. The highest BCUT2D eigenvalue weighted by molar-refractivity contribution is 7.92. The zero-order chi connectivity index (χ0) is 35.4. The van der Waals surface area contributed by atoms with E-state index >= 15 is 0 Å². The standard InChI is InChI=1S/C38H47N5O5S/c1-5-49(47,48)42-34-22-32(37(45)40-27(2)31-17-10-7-11-18-31)21-33(23-34)38(46)41-35(20-28-13-8-6-9-14-28)36(44)25-39-24-29-15-12-16-30(19-29)26-43(3)4/h6-19,21-23,27,35-36,39,42,44H,5,20,24-26H2,1-4H3,(H,40,45)(H,41,46)/t27-,35+,36-/m1/s1. The third-order valence-corrected chi connectivity index (χ3v) is 9.32. The Bertz CT molecular complexity index is 1780. The van der Waals surface area contributed by atoms with E-state index in [1.165, 1.54) is 30.7 Å². The maximum atomic E-state index is 13.8. The van der Waals surface area contributed by atoms with Crippen molar-refractivity contribution in [3.8, 4) is 0 Å². The van der Waals surface area contributed by atoms with Gasteiger partial charge in [0, 0.05) is 30.8 Å². The molecular formula is C38H47N5O5S. The third kappa shape index (κ3) is 11.8. The molecule has 4 rings (SSSR count). The Morgan fingerprint density at radius 1 is 0.776 bits per heavy atom. The van der Waals surface area contributed by atoms with E-state index in [4.69, 9.17) is 0 Å². The second-order valence-corrected chi connectivity index (χ2v) is 14.4. The summed E-state index contributed by atoms with van der Waals surface area (Å²) >= 11 is 0. The van der Waals surface area contributed by atoms with E-state index in [-0.39, 0.29) is 35.2 Å². The molecule has 0 radical (unpaired) electrons. The predicted molar refractivity (Wildman–Crippen MR) is 195 cm³/mol. The summed E-state index contributed by atoms with van der Waals surface area (Å²) in [4.78, 5) is 29.3. The molecular weight excluding hydrogens is 639 g/mol. The molecule has 3 atom stereocenters. The monoisotopic (exact) mass is 685 g/mol. The number of amides is 2. The van der Waals surface area contributed by atoms with Crippen LogP contribution < -0.4 is 20.7 Å². The first-order valence-electron chi connectivity index (χ1n) is 16.4. The SMILES string of the molecule is CCS(=O)(=O)Nc1cc(C(=O)N[C@@H](Cc2ccccc2)[C@H](O)CNCc2cccc(CN(C)C)c2)cc(C(=O)N[C@H](C)c2ccccc2)c1. The van der Waals surface area contributed by atoms with Crippen molar-refractivity contribution < 1.29 is 23.1 Å². The van der Waals surface area contributed by atoms with Gasteiger partial charge in [-0.25, -0.2) is 8.42 Å². The molecule has 0 aliphatic rings. The number of hydrogen-bond donors (Lipinski definition) is 5. The van der Waals surface area contributed by atoms with Crippen LogP contribution in [0.15, 0.2) is 103 Å². The van der Waals surface area contributed by atoms with Gasteiger partial charge in [-0.1, -0.05) is 84.9 Å². The minimum absolute atomic E-state index is 0.0738. The molecule has 0 saturated heterocycles. The Hall–Kier alpha value is -4.55. The lowest BCUT2D eigenvalue weighted by molar-refractivity contribution is 0.0830. The second kappa shape index (κ2) is 17.7. The van der Waals surface area contributed by atoms with Gasteiger partial charge >= 0.3 is 0 Å². The van der Waals surface area contributed by atoms with Crippen molar-refractivity contribution in [3.05, 3.63) is 137 Å². The summed E-state index contributed by atoms with van der Waals surface area (Å²) < 4.78 is 27.4. The molecule has 0 bridgehead atoms. The first-order chi connectivity index (χ1) is 23.4. The molecule has 4 aromatic carbocycles. The average molecular weight is 686 g/mol. The van der Waals surface area contributed by atoms with E-state index in [2.05, 4.69) is 37.7 Å². The van der Waals surface area contributed by atoms with Crippen LogP contribution in [0.1, 0.15) is 62.9 Å². The molecule has 0 saturated carbocycles. The number of aliphatic hydroxyl groups is 1.